The molecule has 1 aromatic heterocycles. The van der Waals surface area contributed by atoms with E-state index in [4.69, 9.17) is 4.74 Å². The average Bonchev–Trinajstić information content (AvgIpc) is 2.80. The number of aliphatic imine (C=N–C) groups is 1. The van der Waals surface area contributed by atoms with Gasteiger partial charge in [-0.2, -0.15) is 5.10 Å². The lowest BCUT2D eigenvalue weighted by Crippen LogP contribution is -2.45. The number of nitrogens with zero attached hydrogens (tertiary/aromatic N) is 4. The fourth-order valence-corrected chi connectivity index (χ4v) is 1.47. The first-order valence-electron chi connectivity index (χ1n) is 5.71. The Morgan fingerprint density at radius 2 is 2.22 bits per heavy atom. The van der Waals surface area contributed by atoms with E-state index in [1.807, 2.05) is 20.8 Å². The zero-order valence-corrected chi connectivity index (χ0v) is 10.7. The minimum absolute atomic E-state index is 0.424. The molecule has 96 valence electrons. The van der Waals surface area contributed by atoms with Crippen LogP contribution in [0, 0.1) is 0 Å². The first-order chi connectivity index (χ1) is 8.47. The highest BCUT2D eigenvalue weighted by Crippen LogP contribution is 2.12. The van der Waals surface area contributed by atoms with Crippen LogP contribution in [-0.4, -0.2) is 38.9 Å². The van der Waals surface area contributed by atoms with Crippen LogP contribution in [0.3, 0.4) is 0 Å². The normalized spacial score (nSPS) is 15.5. The molecule has 0 radical (unpaired) electrons. The second-order valence-electron chi connectivity index (χ2n) is 4.86. The highest BCUT2D eigenvalue weighted by molar-refractivity contribution is 5.96. The lowest BCUT2D eigenvalue weighted by Gasteiger charge is -2.28. The number of aromatic nitrogens is 2. The molecule has 0 atom stereocenters. The highest BCUT2D eigenvalue weighted by Gasteiger charge is 2.27. The molecule has 1 aliphatic rings. The molecule has 1 aliphatic heterocycles. The maximum atomic E-state index is 12.1. The van der Waals surface area contributed by atoms with Gasteiger partial charge in [-0.05, 0) is 32.9 Å². The molecule has 6 heteroatoms. The number of hydrogen-bond acceptors (Lipinski definition) is 4. The van der Waals surface area contributed by atoms with Gasteiger partial charge in [0.15, 0.2) is 0 Å². The van der Waals surface area contributed by atoms with Gasteiger partial charge >= 0.3 is 6.09 Å². The van der Waals surface area contributed by atoms with Crippen molar-refractivity contribution in [1.29, 1.82) is 0 Å². The largest absolute Gasteiger partial charge is 0.443 e. The standard InChI is InChI=1S/C12H16N4O2/c1-12(2,3)18-11(17)15-8-4-6-13-10(15)16-9-5-7-14-16/h4-7,9H,8H2,1-3H3. The van der Waals surface area contributed by atoms with Crippen LogP contribution in [0.4, 0.5) is 4.79 Å². The van der Waals surface area contributed by atoms with Crippen LogP contribution in [0.1, 0.15) is 20.8 Å². The Kier molecular flexibility index (Phi) is 3.18. The van der Waals surface area contributed by atoms with E-state index in [0.717, 1.165) is 0 Å². The van der Waals surface area contributed by atoms with Gasteiger partial charge in [-0.15, -0.1) is 0 Å². The zero-order chi connectivity index (χ0) is 13.2. The molecule has 2 heterocycles. The van der Waals surface area contributed by atoms with Crippen molar-refractivity contribution in [3.05, 3.63) is 30.7 Å². The predicted octanol–water partition coefficient (Wildman–Crippen LogP) is 1.85. The average molecular weight is 248 g/mol. The first kappa shape index (κ1) is 12.3. The van der Waals surface area contributed by atoms with Crippen molar-refractivity contribution in [3.8, 4) is 0 Å². The molecular weight excluding hydrogens is 232 g/mol. The summed E-state index contributed by atoms with van der Waals surface area (Å²) in [6, 6.07) is 1.77. The van der Waals surface area contributed by atoms with Crippen molar-refractivity contribution in [1.82, 2.24) is 14.7 Å². The Balaban J connectivity index is 2.20. The first-order valence-corrected chi connectivity index (χ1v) is 5.71. The number of carbonyl (C=O) groups is 1. The van der Waals surface area contributed by atoms with Gasteiger partial charge in [0.25, 0.3) is 0 Å². The van der Waals surface area contributed by atoms with Crippen LogP contribution in [0.25, 0.3) is 0 Å². The Hall–Kier alpha value is -2.11. The van der Waals surface area contributed by atoms with E-state index in [9.17, 15) is 4.79 Å². The SMILES string of the molecule is CC(C)(C)OC(=O)N1CC=CN=C1n1cccn1. The minimum Gasteiger partial charge on any atom is -0.443 e. The second kappa shape index (κ2) is 4.64. The summed E-state index contributed by atoms with van der Waals surface area (Å²) < 4.78 is 6.87. The summed E-state index contributed by atoms with van der Waals surface area (Å²) in [6.45, 7) is 5.91. The van der Waals surface area contributed by atoms with Crippen LogP contribution in [0.15, 0.2) is 35.7 Å². The van der Waals surface area contributed by atoms with E-state index in [1.54, 1.807) is 30.7 Å². The summed E-state index contributed by atoms with van der Waals surface area (Å²) in [5, 5.41) is 4.07. The van der Waals surface area contributed by atoms with Gasteiger partial charge in [-0.1, -0.05) is 0 Å². The van der Waals surface area contributed by atoms with Crippen LogP contribution >= 0.6 is 0 Å². The van der Waals surface area contributed by atoms with Crippen molar-refractivity contribution in [2.24, 2.45) is 4.99 Å². The van der Waals surface area contributed by atoms with E-state index in [0.29, 0.717) is 12.5 Å². The molecule has 1 amide bonds. The number of rotatable bonds is 0. The van der Waals surface area contributed by atoms with Crippen LogP contribution in [0.5, 0.6) is 0 Å². The van der Waals surface area contributed by atoms with E-state index < -0.39 is 11.7 Å². The van der Waals surface area contributed by atoms with Gasteiger partial charge in [0.05, 0.1) is 6.54 Å². The zero-order valence-electron chi connectivity index (χ0n) is 10.7. The van der Waals surface area contributed by atoms with E-state index in [-0.39, 0.29) is 0 Å². The van der Waals surface area contributed by atoms with Crippen molar-refractivity contribution in [3.63, 3.8) is 0 Å². The number of ether oxygens (including phenoxy) is 1. The second-order valence-corrected chi connectivity index (χ2v) is 4.86. The third kappa shape index (κ3) is 2.77. The maximum absolute atomic E-state index is 12.1. The summed E-state index contributed by atoms with van der Waals surface area (Å²) in [5.74, 6) is 0.441. The number of hydrogen-bond donors (Lipinski definition) is 0. The Morgan fingerprint density at radius 1 is 1.44 bits per heavy atom. The molecule has 0 aliphatic carbocycles. The molecule has 0 spiro atoms. The molecule has 0 saturated heterocycles. The smallest absolute Gasteiger partial charge is 0.417 e. The monoisotopic (exact) mass is 248 g/mol. The molecule has 1 aromatic rings. The molecule has 18 heavy (non-hydrogen) atoms. The predicted molar refractivity (Wildman–Crippen MR) is 67.1 cm³/mol. The van der Waals surface area contributed by atoms with Crippen LogP contribution < -0.4 is 0 Å². The van der Waals surface area contributed by atoms with E-state index in [2.05, 4.69) is 10.1 Å². The lowest BCUT2D eigenvalue weighted by molar-refractivity contribution is 0.0376. The van der Waals surface area contributed by atoms with Gasteiger partial charge in [0, 0.05) is 18.6 Å². The molecular formula is C12H16N4O2. The Bertz CT molecular complexity index is 483. The minimum atomic E-state index is -0.534. The third-order valence-electron chi connectivity index (χ3n) is 2.15. The van der Waals surface area contributed by atoms with Crippen molar-refractivity contribution in [2.75, 3.05) is 6.54 Å². The van der Waals surface area contributed by atoms with Crippen LogP contribution in [-0.2, 0) is 4.74 Å². The van der Waals surface area contributed by atoms with Crippen molar-refractivity contribution >= 4 is 12.1 Å². The number of amides is 1. The van der Waals surface area contributed by atoms with Gasteiger partial charge in [0.2, 0.25) is 5.96 Å². The van der Waals surface area contributed by atoms with E-state index in [1.165, 1.54) is 9.58 Å². The Labute approximate surface area is 106 Å². The summed E-state index contributed by atoms with van der Waals surface area (Å²) in [7, 11) is 0. The van der Waals surface area contributed by atoms with Gasteiger partial charge in [-0.3, -0.25) is 0 Å². The molecule has 0 fully saturated rings. The lowest BCUT2D eigenvalue weighted by atomic mass is 10.2. The summed E-state index contributed by atoms with van der Waals surface area (Å²) in [6.07, 6.45) is 6.37. The van der Waals surface area contributed by atoms with Crippen molar-refractivity contribution in [2.45, 2.75) is 26.4 Å². The highest BCUT2D eigenvalue weighted by atomic mass is 16.6. The Morgan fingerprint density at radius 3 is 2.83 bits per heavy atom. The number of carbonyl (C=O) groups excluding carboxylic acids is 1. The molecule has 0 unspecified atom stereocenters. The fraction of sp³-hybridized carbons (Fsp3) is 0.417. The fourth-order valence-electron chi connectivity index (χ4n) is 1.47. The van der Waals surface area contributed by atoms with Gasteiger partial charge in [0.1, 0.15) is 5.60 Å². The molecule has 0 bridgehead atoms. The molecule has 0 aromatic carbocycles. The summed E-state index contributed by atoms with van der Waals surface area (Å²) in [4.78, 5) is 17.7. The molecule has 0 saturated carbocycles. The summed E-state index contributed by atoms with van der Waals surface area (Å²) >= 11 is 0. The molecule has 0 N–H and O–H groups in total. The quantitative estimate of drug-likeness (QED) is 0.704. The summed E-state index contributed by atoms with van der Waals surface area (Å²) in [5.41, 5.74) is -0.534. The van der Waals surface area contributed by atoms with Gasteiger partial charge < -0.3 is 4.74 Å². The van der Waals surface area contributed by atoms with Crippen molar-refractivity contribution < 1.29 is 9.53 Å². The maximum Gasteiger partial charge on any atom is 0.417 e. The molecule has 6 nitrogen and oxygen atoms in total. The third-order valence-corrected chi connectivity index (χ3v) is 2.15. The van der Waals surface area contributed by atoms with E-state index >= 15 is 0 Å². The van der Waals surface area contributed by atoms with Gasteiger partial charge in [-0.25, -0.2) is 19.4 Å². The molecule has 2 rings (SSSR count). The topological polar surface area (TPSA) is 59.7 Å². The van der Waals surface area contributed by atoms with Crippen LogP contribution in [0.2, 0.25) is 0 Å².